The molecule has 4 nitrogen and oxygen atoms in total. The van der Waals surface area contributed by atoms with Crippen molar-refractivity contribution in [3.05, 3.63) is 65.0 Å². The summed E-state index contributed by atoms with van der Waals surface area (Å²) in [6.45, 7) is 0.564. The van der Waals surface area contributed by atoms with Crippen LogP contribution >= 0.6 is 0 Å². The van der Waals surface area contributed by atoms with Crippen LogP contribution in [-0.2, 0) is 18.0 Å². The number of benzene rings is 2. The first kappa shape index (κ1) is 15.0. The van der Waals surface area contributed by atoms with Gasteiger partial charge >= 0.3 is 5.97 Å². The second kappa shape index (κ2) is 6.85. The molecular weight excluding hydrogens is 275 g/mol. The Morgan fingerprint density at radius 3 is 2.67 bits per heavy atom. The van der Waals surface area contributed by atoms with Crippen LogP contribution < -0.4 is 4.74 Å². The van der Waals surface area contributed by atoms with E-state index in [9.17, 15) is 9.18 Å². The quantitative estimate of drug-likeness (QED) is 0.887. The minimum absolute atomic E-state index is 0.0917. The van der Waals surface area contributed by atoms with Gasteiger partial charge < -0.3 is 14.6 Å². The van der Waals surface area contributed by atoms with E-state index in [4.69, 9.17) is 14.6 Å². The van der Waals surface area contributed by atoms with Crippen molar-refractivity contribution < 1.29 is 23.8 Å². The van der Waals surface area contributed by atoms with Gasteiger partial charge in [0, 0.05) is 7.11 Å². The first-order chi connectivity index (χ1) is 10.1. The molecule has 0 bridgehead atoms. The second-order valence-corrected chi connectivity index (χ2v) is 4.52. The predicted molar refractivity (Wildman–Crippen MR) is 74.8 cm³/mol. The first-order valence-electron chi connectivity index (χ1n) is 6.32. The van der Waals surface area contributed by atoms with Gasteiger partial charge in [0.15, 0.2) is 0 Å². The average Bonchev–Trinajstić information content (AvgIpc) is 2.45. The molecule has 5 heteroatoms. The summed E-state index contributed by atoms with van der Waals surface area (Å²) in [5, 5.41) is 8.89. The molecular formula is C16H15FO4. The highest BCUT2D eigenvalue weighted by molar-refractivity contribution is 5.87. The molecule has 0 aliphatic heterocycles. The van der Waals surface area contributed by atoms with Crippen LogP contribution in [0.1, 0.15) is 21.5 Å². The fourth-order valence-electron chi connectivity index (χ4n) is 1.92. The largest absolute Gasteiger partial charge is 0.489 e. The lowest BCUT2D eigenvalue weighted by Gasteiger charge is -2.09. The Kier molecular flexibility index (Phi) is 4.90. The summed E-state index contributed by atoms with van der Waals surface area (Å²) >= 11 is 0. The Balaban J connectivity index is 2.09. The zero-order valence-electron chi connectivity index (χ0n) is 11.5. The highest BCUT2D eigenvalue weighted by atomic mass is 19.1. The number of halogens is 1. The number of carboxylic acids is 1. The number of carbonyl (C=O) groups is 1. The van der Waals surface area contributed by atoms with E-state index < -0.39 is 11.8 Å². The van der Waals surface area contributed by atoms with E-state index in [1.54, 1.807) is 13.2 Å². The maximum absolute atomic E-state index is 13.3. The maximum atomic E-state index is 13.3. The van der Waals surface area contributed by atoms with E-state index >= 15 is 0 Å². The van der Waals surface area contributed by atoms with Crippen molar-refractivity contribution in [2.75, 3.05) is 7.11 Å². The number of ether oxygens (including phenoxy) is 2. The minimum Gasteiger partial charge on any atom is -0.489 e. The summed E-state index contributed by atoms with van der Waals surface area (Å²) in [7, 11) is 1.60. The van der Waals surface area contributed by atoms with Crippen molar-refractivity contribution in [1.82, 2.24) is 0 Å². The van der Waals surface area contributed by atoms with Crippen LogP contribution in [0, 0.1) is 5.82 Å². The molecule has 0 amide bonds. The lowest BCUT2D eigenvalue weighted by atomic mass is 10.1. The van der Waals surface area contributed by atoms with Crippen molar-refractivity contribution >= 4 is 5.97 Å². The molecule has 2 rings (SSSR count). The Bertz CT molecular complexity index is 640. The average molecular weight is 290 g/mol. The summed E-state index contributed by atoms with van der Waals surface area (Å²) in [5.41, 5.74) is 1.33. The highest BCUT2D eigenvalue weighted by Crippen LogP contribution is 2.17. The predicted octanol–water partition coefficient (Wildman–Crippen LogP) is 3.25. The van der Waals surface area contributed by atoms with Gasteiger partial charge in [-0.1, -0.05) is 12.1 Å². The lowest BCUT2D eigenvalue weighted by molar-refractivity contribution is 0.0696. The molecule has 0 saturated heterocycles. The number of hydrogen-bond donors (Lipinski definition) is 1. The molecule has 2 aromatic rings. The number of rotatable bonds is 6. The third kappa shape index (κ3) is 4.29. The molecule has 0 unspecified atom stereocenters. The van der Waals surface area contributed by atoms with Crippen molar-refractivity contribution in [3.8, 4) is 5.75 Å². The van der Waals surface area contributed by atoms with Gasteiger partial charge in [0.05, 0.1) is 12.2 Å². The molecule has 110 valence electrons. The maximum Gasteiger partial charge on any atom is 0.335 e. The molecule has 0 heterocycles. The van der Waals surface area contributed by atoms with Gasteiger partial charge in [0.2, 0.25) is 0 Å². The van der Waals surface area contributed by atoms with E-state index in [1.165, 1.54) is 12.1 Å². The molecule has 0 aliphatic carbocycles. The van der Waals surface area contributed by atoms with Gasteiger partial charge in [-0.15, -0.1) is 0 Å². The van der Waals surface area contributed by atoms with Crippen LogP contribution in [0.25, 0.3) is 0 Å². The SMILES string of the molecule is COCc1cccc(OCc2cc(F)cc(C(=O)O)c2)c1. The van der Waals surface area contributed by atoms with Gasteiger partial charge in [-0.25, -0.2) is 9.18 Å². The number of aromatic carboxylic acids is 1. The van der Waals surface area contributed by atoms with Gasteiger partial charge in [-0.05, 0) is 41.5 Å². The smallest absolute Gasteiger partial charge is 0.335 e. The molecule has 0 aliphatic rings. The fraction of sp³-hybridized carbons (Fsp3) is 0.188. The Morgan fingerprint density at radius 2 is 1.95 bits per heavy atom. The van der Waals surface area contributed by atoms with Crippen LogP contribution in [0.5, 0.6) is 5.75 Å². The van der Waals surface area contributed by atoms with Crippen LogP contribution in [0.3, 0.4) is 0 Å². The molecule has 0 radical (unpaired) electrons. The van der Waals surface area contributed by atoms with Crippen LogP contribution in [-0.4, -0.2) is 18.2 Å². The van der Waals surface area contributed by atoms with Crippen LogP contribution in [0.15, 0.2) is 42.5 Å². The van der Waals surface area contributed by atoms with Gasteiger partial charge in [-0.2, -0.15) is 0 Å². The van der Waals surface area contributed by atoms with Crippen molar-refractivity contribution in [1.29, 1.82) is 0 Å². The summed E-state index contributed by atoms with van der Waals surface area (Å²) in [5.74, 6) is -1.15. The Hall–Kier alpha value is -2.40. The fourth-order valence-corrected chi connectivity index (χ4v) is 1.92. The summed E-state index contributed by atoms with van der Waals surface area (Å²) in [6.07, 6.45) is 0. The summed E-state index contributed by atoms with van der Waals surface area (Å²) < 4.78 is 23.9. The van der Waals surface area contributed by atoms with Gasteiger partial charge in [0.1, 0.15) is 18.2 Å². The van der Waals surface area contributed by atoms with Crippen molar-refractivity contribution in [2.45, 2.75) is 13.2 Å². The Labute approximate surface area is 121 Å². The second-order valence-electron chi connectivity index (χ2n) is 4.52. The molecule has 2 aromatic carbocycles. The normalized spacial score (nSPS) is 10.4. The Morgan fingerprint density at radius 1 is 1.14 bits per heavy atom. The molecule has 21 heavy (non-hydrogen) atoms. The topological polar surface area (TPSA) is 55.8 Å². The number of hydrogen-bond acceptors (Lipinski definition) is 3. The monoisotopic (exact) mass is 290 g/mol. The molecule has 0 aromatic heterocycles. The van der Waals surface area contributed by atoms with Crippen molar-refractivity contribution in [2.24, 2.45) is 0 Å². The van der Waals surface area contributed by atoms with E-state index in [1.807, 2.05) is 18.2 Å². The summed E-state index contributed by atoms with van der Waals surface area (Å²) in [4.78, 5) is 10.9. The van der Waals surface area contributed by atoms with Crippen molar-refractivity contribution in [3.63, 3.8) is 0 Å². The zero-order chi connectivity index (χ0) is 15.2. The number of methoxy groups -OCH3 is 1. The van der Waals surface area contributed by atoms with Crippen LogP contribution in [0.2, 0.25) is 0 Å². The third-order valence-corrected chi connectivity index (χ3v) is 2.82. The molecule has 1 N–H and O–H groups in total. The molecule has 0 saturated carbocycles. The minimum atomic E-state index is -1.17. The standard InChI is InChI=1S/C16H15FO4/c1-20-9-11-3-2-4-15(7-11)21-10-12-5-13(16(18)19)8-14(17)6-12/h2-8H,9-10H2,1H3,(H,18,19). The van der Waals surface area contributed by atoms with Gasteiger partial charge in [0.25, 0.3) is 0 Å². The van der Waals surface area contributed by atoms with E-state index in [0.717, 1.165) is 11.6 Å². The summed E-state index contributed by atoms with van der Waals surface area (Å²) in [6, 6.07) is 11.0. The van der Waals surface area contributed by atoms with E-state index in [-0.39, 0.29) is 12.2 Å². The van der Waals surface area contributed by atoms with Crippen LogP contribution in [0.4, 0.5) is 4.39 Å². The van der Waals surface area contributed by atoms with Gasteiger partial charge in [-0.3, -0.25) is 0 Å². The zero-order valence-corrected chi connectivity index (χ0v) is 11.5. The lowest BCUT2D eigenvalue weighted by Crippen LogP contribution is -2.02. The highest BCUT2D eigenvalue weighted by Gasteiger charge is 2.07. The first-order valence-corrected chi connectivity index (χ1v) is 6.32. The van der Waals surface area contributed by atoms with E-state index in [0.29, 0.717) is 17.9 Å². The molecule has 0 fully saturated rings. The van der Waals surface area contributed by atoms with E-state index in [2.05, 4.69) is 0 Å². The third-order valence-electron chi connectivity index (χ3n) is 2.82. The molecule has 0 spiro atoms. The molecule has 0 atom stereocenters. The number of carboxylic acid groups (broad SMARTS) is 1.